The molecule has 0 bridgehead atoms. The van der Waals surface area contributed by atoms with Crippen molar-refractivity contribution in [2.45, 2.75) is 33.6 Å². The summed E-state index contributed by atoms with van der Waals surface area (Å²) in [4.78, 5) is 0. The lowest BCUT2D eigenvalue weighted by molar-refractivity contribution is 0.661. The van der Waals surface area contributed by atoms with Crippen LogP contribution in [0.25, 0.3) is 21.9 Å². The SMILES string of the molecule is CCCc1ccc2c(oc3c(C)c(C)ccc32)c1I. The summed E-state index contributed by atoms with van der Waals surface area (Å²) in [6.07, 6.45) is 2.28. The van der Waals surface area contributed by atoms with E-state index in [1.165, 1.54) is 37.5 Å². The van der Waals surface area contributed by atoms with E-state index in [1.807, 2.05) is 0 Å². The third-order valence-corrected chi connectivity index (χ3v) is 5.05. The van der Waals surface area contributed by atoms with Gasteiger partial charge >= 0.3 is 0 Å². The fourth-order valence-electron chi connectivity index (χ4n) is 2.61. The van der Waals surface area contributed by atoms with Gasteiger partial charge < -0.3 is 4.42 Å². The van der Waals surface area contributed by atoms with Crippen molar-refractivity contribution >= 4 is 44.5 Å². The van der Waals surface area contributed by atoms with E-state index in [9.17, 15) is 0 Å². The zero-order valence-corrected chi connectivity index (χ0v) is 13.7. The first kappa shape index (κ1) is 13.0. The van der Waals surface area contributed by atoms with Crippen molar-refractivity contribution in [1.82, 2.24) is 0 Å². The third kappa shape index (κ3) is 1.97. The Morgan fingerprint density at radius 1 is 1.00 bits per heavy atom. The fraction of sp³-hybridized carbons (Fsp3) is 0.294. The van der Waals surface area contributed by atoms with Crippen molar-refractivity contribution in [3.8, 4) is 0 Å². The number of hydrogen-bond donors (Lipinski definition) is 0. The first-order valence-electron chi connectivity index (χ1n) is 6.73. The van der Waals surface area contributed by atoms with E-state index in [0.29, 0.717) is 0 Å². The largest absolute Gasteiger partial charge is 0.455 e. The van der Waals surface area contributed by atoms with Gasteiger partial charge in [-0.1, -0.05) is 37.6 Å². The molecule has 98 valence electrons. The molecule has 0 aliphatic heterocycles. The molecule has 0 aliphatic rings. The van der Waals surface area contributed by atoms with Crippen LogP contribution in [0.2, 0.25) is 0 Å². The zero-order valence-electron chi connectivity index (χ0n) is 11.5. The van der Waals surface area contributed by atoms with Crippen molar-refractivity contribution in [3.63, 3.8) is 0 Å². The normalized spacial score (nSPS) is 11.6. The van der Waals surface area contributed by atoms with Crippen molar-refractivity contribution in [2.75, 3.05) is 0 Å². The average Bonchev–Trinajstić information content (AvgIpc) is 2.78. The monoisotopic (exact) mass is 364 g/mol. The Labute approximate surface area is 127 Å². The van der Waals surface area contributed by atoms with Crippen LogP contribution in [-0.4, -0.2) is 0 Å². The van der Waals surface area contributed by atoms with Crippen LogP contribution in [0.15, 0.2) is 28.7 Å². The molecule has 0 amide bonds. The molecule has 2 aromatic carbocycles. The average molecular weight is 364 g/mol. The van der Waals surface area contributed by atoms with Gasteiger partial charge in [0.1, 0.15) is 11.2 Å². The highest BCUT2D eigenvalue weighted by atomic mass is 127. The maximum atomic E-state index is 6.17. The van der Waals surface area contributed by atoms with Gasteiger partial charge in [0, 0.05) is 10.8 Å². The number of fused-ring (bicyclic) bond motifs is 3. The van der Waals surface area contributed by atoms with Gasteiger partial charge in [-0.05, 0) is 59.5 Å². The van der Waals surface area contributed by atoms with E-state index in [4.69, 9.17) is 4.42 Å². The summed E-state index contributed by atoms with van der Waals surface area (Å²) >= 11 is 2.42. The fourth-order valence-corrected chi connectivity index (χ4v) is 3.46. The number of halogens is 1. The maximum Gasteiger partial charge on any atom is 0.149 e. The molecular formula is C17H17IO. The van der Waals surface area contributed by atoms with Crippen LogP contribution in [0.4, 0.5) is 0 Å². The number of furan rings is 1. The highest BCUT2D eigenvalue weighted by Gasteiger charge is 2.14. The quantitative estimate of drug-likeness (QED) is 0.527. The maximum absolute atomic E-state index is 6.17. The van der Waals surface area contributed by atoms with Crippen molar-refractivity contribution < 1.29 is 4.42 Å². The summed E-state index contributed by atoms with van der Waals surface area (Å²) in [7, 11) is 0. The molecular weight excluding hydrogens is 347 g/mol. The lowest BCUT2D eigenvalue weighted by atomic mass is 10.0. The second kappa shape index (κ2) is 4.82. The van der Waals surface area contributed by atoms with Crippen LogP contribution in [0.5, 0.6) is 0 Å². The minimum Gasteiger partial charge on any atom is -0.455 e. The van der Waals surface area contributed by atoms with E-state index in [2.05, 4.69) is 67.6 Å². The molecule has 0 aliphatic carbocycles. The lowest BCUT2D eigenvalue weighted by Crippen LogP contribution is -1.87. The Morgan fingerprint density at radius 2 is 1.68 bits per heavy atom. The van der Waals surface area contributed by atoms with Gasteiger partial charge in [-0.15, -0.1) is 0 Å². The summed E-state index contributed by atoms with van der Waals surface area (Å²) in [6, 6.07) is 8.82. The van der Waals surface area contributed by atoms with E-state index < -0.39 is 0 Å². The van der Waals surface area contributed by atoms with E-state index in [0.717, 1.165) is 17.6 Å². The van der Waals surface area contributed by atoms with Gasteiger partial charge in [0.05, 0.1) is 3.57 Å². The lowest BCUT2D eigenvalue weighted by Gasteiger charge is -2.02. The molecule has 2 heteroatoms. The minimum absolute atomic E-state index is 1.04. The Kier molecular flexibility index (Phi) is 3.29. The second-order valence-corrected chi connectivity index (χ2v) is 6.23. The molecule has 0 atom stereocenters. The Hall–Kier alpha value is -1.03. The van der Waals surface area contributed by atoms with Crippen molar-refractivity contribution in [2.24, 2.45) is 0 Å². The Balaban J connectivity index is 2.39. The Bertz CT molecular complexity index is 768. The molecule has 1 aromatic heterocycles. The highest BCUT2D eigenvalue weighted by molar-refractivity contribution is 14.1. The van der Waals surface area contributed by atoms with Gasteiger partial charge in [-0.2, -0.15) is 0 Å². The topological polar surface area (TPSA) is 13.1 Å². The first-order valence-corrected chi connectivity index (χ1v) is 7.81. The minimum atomic E-state index is 1.04. The molecule has 0 N–H and O–H groups in total. The van der Waals surface area contributed by atoms with Crippen molar-refractivity contribution in [3.05, 3.63) is 44.5 Å². The van der Waals surface area contributed by atoms with E-state index >= 15 is 0 Å². The zero-order chi connectivity index (χ0) is 13.6. The molecule has 3 aromatic rings. The van der Waals surface area contributed by atoms with Crippen molar-refractivity contribution in [1.29, 1.82) is 0 Å². The molecule has 0 spiro atoms. The van der Waals surface area contributed by atoms with Crippen LogP contribution < -0.4 is 0 Å². The summed E-state index contributed by atoms with van der Waals surface area (Å²) in [5.74, 6) is 0. The van der Waals surface area contributed by atoms with Crippen LogP contribution in [0.1, 0.15) is 30.0 Å². The highest BCUT2D eigenvalue weighted by Crippen LogP contribution is 2.35. The van der Waals surface area contributed by atoms with Crippen LogP contribution in [0, 0.1) is 17.4 Å². The Morgan fingerprint density at radius 3 is 2.42 bits per heavy atom. The summed E-state index contributed by atoms with van der Waals surface area (Å²) in [5.41, 5.74) is 6.03. The number of aryl methyl sites for hydroxylation is 3. The molecule has 0 saturated carbocycles. The molecule has 0 radical (unpaired) electrons. The standard InChI is InChI=1S/C17H17IO/c1-4-5-12-7-9-14-13-8-6-10(2)11(3)16(13)19-17(14)15(12)18/h6-9H,4-5H2,1-3H3. The predicted octanol–water partition coefficient (Wildman–Crippen LogP) is 5.76. The molecule has 19 heavy (non-hydrogen) atoms. The molecule has 1 heterocycles. The predicted molar refractivity (Wildman–Crippen MR) is 89.9 cm³/mol. The van der Waals surface area contributed by atoms with Gasteiger partial charge in [-0.3, -0.25) is 0 Å². The molecule has 0 saturated heterocycles. The molecule has 0 fully saturated rings. The molecule has 3 rings (SSSR count). The van der Waals surface area contributed by atoms with Gasteiger partial charge in [-0.25, -0.2) is 0 Å². The van der Waals surface area contributed by atoms with E-state index in [1.54, 1.807) is 0 Å². The number of hydrogen-bond acceptors (Lipinski definition) is 1. The molecule has 0 unspecified atom stereocenters. The van der Waals surface area contributed by atoms with E-state index in [-0.39, 0.29) is 0 Å². The van der Waals surface area contributed by atoms with Crippen LogP contribution in [0.3, 0.4) is 0 Å². The third-order valence-electron chi connectivity index (χ3n) is 3.87. The first-order chi connectivity index (χ1) is 9.13. The second-order valence-electron chi connectivity index (χ2n) is 5.15. The van der Waals surface area contributed by atoms with Gasteiger partial charge in [0.2, 0.25) is 0 Å². The van der Waals surface area contributed by atoms with Gasteiger partial charge in [0.25, 0.3) is 0 Å². The number of rotatable bonds is 2. The molecule has 1 nitrogen and oxygen atoms in total. The van der Waals surface area contributed by atoms with Crippen LogP contribution in [-0.2, 0) is 6.42 Å². The van der Waals surface area contributed by atoms with Gasteiger partial charge in [0.15, 0.2) is 0 Å². The van der Waals surface area contributed by atoms with Crippen LogP contribution >= 0.6 is 22.6 Å². The summed E-state index contributed by atoms with van der Waals surface area (Å²) < 4.78 is 7.44. The smallest absolute Gasteiger partial charge is 0.149 e. The number of benzene rings is 2. The summed E-state index contributed by atoms with van der Waals surface area (Å²) in [5, 5.41) is 2.47. The summed E-state index contributed by atoms with van der Waals surface area (Å²) in [6.45, 7) is 6.49.